The fraction of sp³-hybridized carbons (Fsp3) is 0.417. The van der Waals surface area contributed by atoms with Crippen molar-refractivity contribution in [1.82, 2.24) is 19.9 Å². The van der Waals surface area contributed by atoms with Gasteiger partial charge in [-0.1, -0.05) is 0 Å². The van der Waals surface area contributed by atoms with Crippen LogP contribution in [-0.4, -0.2) is 46.8 Å². The first-order valence-electron chi connectivity index (χ1n) is 6.33. The summed E-state index contributed by atoms with van der Waals surface area (Å²) in [5.74, 6) is 0.231. The predicted octanol–water partition coefficient (Wildman–Crippen LogP) is 0.653. The average Bonchev–Trinajstić information content (AvgIpc) is 2.98. The molecule has 2 atom stereocenters. The van der Waals surface area contributed by atoms with Crippen LogP contribution in [0.4, 0.5) is 15.9 Å². The molecule has 0 aliphatic heterocycles. The van der Waals surface area contributed by atoms with E-state index in [9.17, 15) is 9.18 Å². The van der Waals surface area contributed by atoms with Gasteiger partial charge in [0.15, 0.2) is 11.3 Å². The Morgan fingerprint density at radius 1 is 1.45 bits per heavy atom. The zero-order valence-corrected chi connectivity index (χ0v) is 11.1. The van der Waals surface area contributed by atoms with Crippen molar-refractivity contribution in [2.45, 2.75) is 18.6 Å². The molecule has 1 aliphatic rings. The van der Waals surface area contributed by atoms with E-state index in [1.54, 1.807) is 20.2 Å². The zero-order chi connectivity index (χ0) is 14.3. The van der Waals surface area contributed by atoms with E-state index in [1.165, 1.54) is 10.7 Å². The number of alkyl halides is 1. The van der Waals surface area contributed by atoms with Crippen LogP contribution in [0.2, 0.25) is 0 Å². The van der Waals surface area contributed by atoms with E-state index in [-0.39, 0.29) is 17.6 Å². The van der Waals surface area contributed by atoms with Gasteiger partial charge in [0.05, 0.1) is 17.9 Å². The summed E-state index contributed by atoms with van der Waals surface area (Å²) in [6.07, 6.45) is 0.874. The van der Waals surface area contributed by atoms with Gasteiger partial charge in [0.2, 0.25) is 0 Å². The second-order valence-corrected chi connectivity index (χ2v) is 4.65. The van der Waals surface area contributed by atoms with Crippen LogP contribution in [-0.2, 0) is 0 Å². The molecular weight excluding hydrogens is 263 g/mol. The van der Waals surface area contributed by atoms with Crippen LogP contribution in [0.5, 0.6) is 0 Å². The molecule has 2 heterocycles. The van der Waals surface area contributed by atoms with E-state index in [2.05, 4.69) is 26.0 Å². The molecule has 1 fully saturated rings. The molecule has 0 aromatic carbocycles. The van der Waals surface area contributed by atoms with E-state index < -0.39 is 6.17 Å². The maximum absolute atomic E-state index is 12.9. The molecule has 7 nitrogen and oxygen atoms in total. The minimum atomic E-state index is -0.938. The fourth-order valence-electron chi connectivity index (χ4n) is 1.99. The molecule has 106 valence electrons. The number of anilines is 2. The van der Waals surface area contributed by atoms with E-state index in [0.717, 1.165) is 5.69 Å². The Morgan fingerprint density at radius 2 is 2.20 bits per heavy atom. The summed E-state index contributed by atoms with van der Waals surface area (Å²) < 4.78 is 14.3. The minimum Gasteiger partial charge on any atom is -0.385 e. The van der Waals surface area contributed by atoms with Crippen LogP contribution in [0.25, 0.3) is 5.65 Å². The third-order valence-corrected chi connectivity index (χ3v) is 3.25. The van der Waals surface area contributed by atoms with Gasteiger partial charge in [-0.25, -0.2) is 13.9 Å². The third-order valence-electron chi connectivity index (χ3n) is 3.25. The zero-order valence-electron chi connectivity index (χ0n) is 11.1. The fourth-order valence-corrected chi connectivity index (χ4v) is 1.99. The molecule has 0 spiro atoms. The highest BCUT2D eigenvalue weighted by molar-refractivity contribution is 5.94. The van der Waals surface area contributed by atoms with Crippen LogP contribution in [0.15, 0.2) is 12.3 Å². The molecule has 0 bridgehead atoms. The van der Waals surface area contributed by atoms with Crippen molar-refractivity contribution in [2.24, 2.45) is 0 Å². The maximum atomic E-state index is 12.9. The number of aromatic nitrogens is 3. The van der Waals surface area contributed by atoms with Gasteiger partial charge in [-0.05, 0) is 0 Å². The van der Waals surface area contributed by atoms with Gasteiger partial charge in [-0.3, -0.25) is 4.79 Å². The first-order valence-corrected chi connectivity index (χ1v) is 6.33. The summed E-state index contributed by atoms with van der Waals surface area (Å²) in [5.41, 5.74) is 1.58. The van der Waals surface area contributed by atoms with Crippen molar-refractivity contribution in [2.75, 3.05) is 24.7 Å². The van der Waals surface area contributed by atoms with Crippen molar-refractivity contribution < 1.29 is 9.18 Å². The van der Waals surface area contributed by atoms with E-state index in [0.29, 0.717) is 17.9 Å². The number of nitrogens with one attached hydrogen (secondary N) is 3. The Bertz CT molecular complexity index is 669. The number of amides is 1. The molecule has 20 heavy (non-hydrogen) atoms. The van der Waals surface area contributed by atoms with Crippen LogP contribution in [0.1, 0.15) is 16.9 Å². The Labute approximate surface area is 114 Å². The average molecular weight is 278 g/mol. The van der Waals surface area contributed by atoms with Crippen molar-refractivity contribution in [3.63, 3.8) is 0 Å². The van der Waals surface area contributed by atoms with Crippen molar-refractivity contribution in [3.05, 3.63) is 18.0 Å². The second kappa shape index (κ2) is 4.62. The molecule has 2 aromatic heterocycles. The van der Waals surface area contributed by atoms with Gasteiger partial charge in [-0.15, -0.1) is 5.10 Å². The highest BCUT2D eigenvalue weighted by Gasteiger charge is 2.39. The second-order valence-electron chi connectivity index (χ2n) is 4.65. The van der Waals surface area contributed by atoms with Crippen LogP contribution in [0, 0.1) is 0 Å². The number of hydrogen-bond donors (Lipinski definition) is 3. The van der Waals surface area contributed by atoms with Gasteiger partial charge in [0.1, 0.15) is 12.0 Å². The van der Waals surface area contributed by atoms with Gasteiger partial charge < -0.3 is 16.0 Å². The van der Waals surface area contributed by atoms with Gasteiger partial charge in [0.25, 0.3) is 5.91 Å². The lowest BCUT2D eigenvalue weighted by atomic mass is 10.4. The normalized spacial score (nSPS) is 20.8. The molecule has 0 radical (unpaired) electrons. The number of hydrogen-bond acceptors (Lipinski definition) is 5. The molecule has 2 unspecified atom stereocenters. The smallest absolute Gasteiger partial charge is 0.271 e. The number of rotatable bonds is 4. The number of halogens is 1. The monoisotopic (exact) mass is 278 g/mol. The maximum Gasteiger partial charge on any atom is 0.271 e. The molecule has 3 N–H and O–H groups in total. The molecule has 1 amide bonds. The number of nitrogens with zero attached hydrogens (tertiary/aromatic N) is 3. The molecule has 3 rings (SSSR count). The SMILES string of the molecule is CNc1cc(NC)c2ncc(C(=O)NC3CC3F)n2n1. The Hall–Kier alpha value is -2.38. The summed E-state index contributed by atoms with van der Waals surface area (Å²) in [4.78, 5) is 16.3. The molecular formula is C12H15FN6O. The predicted molar refractivity (Wildman–Crippen MR) is 72.8 cm³/mol. The van der Waals surface area contributed by atoms with Crippen LogP contribution >= 0.6 is 0 Å². The number of carbonyl (C=O) groups excluding carboxylic acids is 1. The van der Waals surface area contributed by atoms with Gasteiger partial charge in [0, 0.05) is 26.6 Å². The summed E-state index contributed by atoms with van der Waals surface area (Å²) in [6.45, 7) is 0. The Morgan fingerprint density at radius 3 is 2.80 bits per heavy atom. The van der Waals surface area contributed by atoms with Gasteiger partial charge in [-0.2, -0.15) is 0 Å². The summed E-state index contributed by atoms with van der Waals surface area (Å²) >= 11 is 0. The number of carbonyl (C=O) groups is 1. The standard InChI is InChI=1S/C12H15FN6O/c1-14-8-4-10(15-2)18-19-9(5-16-11(8)19)12(20)17-7-3-6(7)13/h4-7,14H,3H2,1-2H3,(H,15,18)(H,17,20). The topological polar surface area (TPSA) is 83.3 Å². The molecule has 1 saturated carbocycles. The quantitative estimate of drug-likeness (QED) is 0.765. The van der Waals surface area contributed by atoms with Gasteiger partial charge >= 0.3 is 0 Å². The molecule has 2 aromatic rings. The lowest BCUT2D eigenvalue weighted by Gasteiger charge is -2.08. The Balaban J connectivity index is 2.00. The largest absolute Gasteiger partial charge is 0.385 e. The molecule has 1 aliphatic carbocycles. The lowest BCUT2D eigenvalue weighted by Crippen LogP contribution is -2.28. The van der Waals surface area contributed by atoms with E-state index >= 15 is 0 Å². The number of fused-ring (bicyclic) bond motifs is 1. The van der Waals surface area contributed by atoms with Crippen molar-refractivity contribution in [3.8, 4) is 0 Å². The first-order chi connectivity index (χ1) is 9.63. The summed E-state index contributed by atoms with van der Waals surface area (Å²) in [7, 11) is 3.50. The van der Waals surface area contributed by atoms with E-state index in [4.69, 9.17) is 0 Å². The summed E-state index contributed by atoms with van der Waals surface area (Å²) in [6, 6.07) is 1.41. The highest BCUT2D eigenvalue weighted by Crippen LogP contribution is 2.25. The molecule has 8 heteroatoms. The van der Waals surface area contributed by atoms with Crippen molar-refractivity contribution >= 4 is 23.1 Å². The van der Waals surface area contributed by atoms with Crippen molar-refractivity contribution in [1.29, 1.82) is 0 Å². The number of imidazole rings is 1. The Kier molecular flexibility index (Phi) is 2.92. The minimum absolute atomic E-state index is 0.285. The lowest BCUT2D eigenvalue weighted by molar-refractivity contribution is 0.0940. The van der Waals surface area contributed by atoms with Crippen LogP contribution < -0.4 is 16.0 Å². The molecule has 0 saturated heterocycles. The first kappa shape index (κ1) is 12.6. The van der Waals surface area contributed by atoms with E-state index in [1.807, 2.05) is 0 Å². The third kappa shape index (κ3) is 2.02. The van der Waals surface area contributed by atoms with Crippen LogP contribution in [0.3, 0.4) is 0 Å². The highest BCUT2D eigenvalue weighted by atomic mass is 19.1. The summed E-state index contributed by atoms with van der Waals surface area (Å²) in [5, 5.41) is 12.8.